The minimum atomic E-state index is -0.918. The predicted molar refractivity (Wildman–Crippen MR) is 133 cm³/mol. The number of benzene rings is 3. The van der Waals surface area contributed by atoms with Crippen molar-refractivity contribution in [3.63, 3.8) is 0 Å². The Morgan fingerprint density at radius 1 is 1.06 bits per heavy atom. The predicted octanol–water partition coefficient (Wildman–Crippen LogP) is 5.60. The summed E-state index contributed by atoms with van der Waals surface area (Å²) in [6.07, 6.45) is 0.726. The average Bonchev–Trinajstić information content (AvgIpc) is 2.85. The van der Waals surface area contributed by atoms with Crippen molar-refractivity contribution >= 4 is 11.9 Å². The lowest BCUT2D eigenvalue weighted by molar-refractivity contribution is -0.136. The Kier molecular flexibility index (Phi) is 7.49. The second kappa shape index (κ2) is 10.7. The minimum absolute atomic E-state index is 0.0454. The van der Waals surface area contributed by atoms with Gasteiger partial charge in [0.05, 0.1) is 13.0 Å². The van der Waals surface area contributed by atoms with E-state index in [1.54, 1.807) is 18.2 Å². The van der Waals surface area contributed by atoms with Gasteiger partial charge in [0.2, 0.25) is 5.91 Å². The number of carbonyl (C=O) groups excluding carboxylic acids is 1. The number of fused-ring (bicyclic) bond motifs is 1. The number of nitrogens with zero attached hydrogens (tertiary/aromatic N) is 1. The van der Waals surface area contributed by atoms with Crippen molar-refractivity contribution in [3.8, 4) is 16.9 Å². The van der Waals surface area contributed by atoms with Crippen molar-refractivity contribution in [1.29, 1.82) is 0 Å². The summed E-state index contributed by atoms with van der Waals surface area (Å²) in [6.45, 7) is 5.12. The lowest BCUT2D eigenvalue weighted by atomic mass is 9.89. The van der Waals surface area contributed by atoms with E-state index in [-0.39, 0.29) is 24.1 Å². The van der Waals surface area contributed by atoms with Crippen LogP contribution in [0.3, 0.4) is 0 Å². The van der Waals surface area contributed by atoms with Crippen molar-refractivity contribution < 1.29 is 23.8 Å². The molecule has 4 rings (SSSR count). The van der Waals surface area contributed by atoms with E-state index in [2.05, 4.69) is 0 Å². The first-order chi connectivity index (χ1) is 16.9. The van der Waals surface area contributed by atoms with Gasteiger partial charge in [-0.05, 0) is 59.2 Å². The molecule has 182 valence electrons. The van der Waals surface area contributed by atoms with Gasteiger partial charge in [-0.1, -0.05) is 55.5 Å². The van der Waals surface area contributed by atoms with Gasteiger partial charge in [-0.2, -0.15) is 0 Å². The zero-order valence-electron chi connectivity index (χ0n) is 20.1. The number of hydrogen-bond donors (Lipinski definition) is 1. The number of ether oxygens (including phenoxy) is 1. The van der Waals surface area contributed by atoms with Crippen LogP contribution in [0, 0.1) is 5.82 Å². The molecule has 35 heavy (non-hydrogen) atoms. The quantitative estimate of drug-likeness (QED) is 0.461. The lowest BCUT2D eigenvalue weighted by Gasteiger charge is -2.32. The zero-order chi connectivity index (χ0) is 24.9. The third kappa shape index (κ3) is 5.53. The molecule has 0 fully saturated rings. The number of hydrogen-bond acceptors (Lipinski definition) is 3. The fraction of sp³-hybridized carbons (Fsp3) is 0.310. The van der Waals surface area contributed by atoms with Gasteiger partial charge in [-0.25, -0.2) is 4.39 Å². The van der Waals surface area contributed by atoms with Crippen LogP contribution in [-0.2, 0) is 29.0 Å². The molecule has 0 aliphatic carbocycles. The van der Waals surface area contributed by atoms with Gasteiger partial charge in [0, 0.05) is 25.1 Å². The summed E-state index contributed by atoms with van der Waals surface area (Å²) in [4.78, 5) is 26.2. The SMILES string of the molecule is CCOc1cc(CC(=O)O)ccc1-c1ccc(F)c2c1CN(C(=O)CC(C)c1ccccc1)CC2. The van der Waals surface area contributed by atoms with Crippen molar-refractivity contribution in [2.75, 3.05) is 13.2 Å². The first-order valence-electron chi connectivity index (χ1n) is 12.0. The summed E-state index contributed by atoms with van der Waals surface area (Å²) in [6, 6.07) is 18.5. The van der Waals surface area contributed by atoms with Crippen LogP contribution in [-0.4, -0.2) is 35.0 Å². The van der Waals surface area contributed by atoms with Crippen LogP contribution in [0.4, 0.5) is 4.39 Å². The molecule has 0 saturated carbocycles. The normalized spacial score (nSPS) is 13.7. The van der Waals surface area contributed by atoms with Crippen molar-refractivity contribution in [2.24, 2.45) is 0 Å². The summed E-state index contributed by atoms with van der Waals surface area (Å²) >= 11 is 0. The standard InChI is InChI=1S/C29H30FNO4/c1-3-35-27-16-20(17-29(33)34)9-10-24(27)22-11-12-26(30)23-13-14-31(18-25(22)23)28(32)15-19(2)21-7-5-4-6-8-21/h4-12,16,19H,3,13-15,17-18H2,1-2H3,(H,33,34). The molecule has 5 nitrogen and oxygen atoms in total. The highest BCUT2D eigenvalue weighted by atomic mass is 19.1. The monoisotopic (exact) mass is 475 g/mol. The second-order valence-corrected chi connectivity index (χ2v) is 8.97. The fourth-order valence-electron chi connectivity index (χ4n) is 4.74. The Morgan fingerprint density at radius 2 is 1.80 bits per heavy atom. The van der Waals surface area contributed by atoms with E-state index in [9.17, 15) is 14.0 Å². The molecule has 6 heteroatoms. The van der Waals surface area contributed by atoms with Crippen molar-refractivity contribution in [2.45, 2.75) is 45.6 Å². The highest BCUT2D eigenvalue weighted by molar-refractivity contribution is 5.80. The third-order valence-electron chi connectivity index (χ3n) is 6.55. The van der Waals surface area contributed by atoms with Gasteiger partial charge in [0.25, 0.3) is 0 Å². The van der Waals surface area contributed by atoms with E-state index in [1.807, 2.05) is 55.1 Å². The largest absolute Gasteiger partial charge is 0.493 e. The molecule has 0 aromatic heterocycles. The summed E-state index contributed by atoms with van der Waals surface area (Å²) in [7, 11) is 0. The molecule has 1 unspecified atom stereocenters. The van der Waals surface area contributed by atoms with Crippen LogP contribution in [0.15, 0.2) is 60.7 Å². The first kappa shape index (κ1) is 24.5. The fourth-order valence-corrected chi connectivity index (χ4v) is 4.74. The van der Waals surface area contributed by atoms with Crippen molar-refractivity contribution in [3.05, 3.63) is 88.7 Å². The number of amides is 1. The summed E-state index contributed by atoms with van der Waals surface area (Å²) < 4.78 is 20.6. The van der Waals surface area contributed by atoms with Gasteiger partial charge in [-0.15, -0.1) is 0 Å². The molecule has 1 amide bonds. The Bertz CT molecular complexity index is 1220. The molecule has 1 aliphatic rings. The maximum Gasteiger partial charge on any atom is 0.307 e. The third-order valence-corrected chi connectivity index (χ3v) is 6.55. The van der Waals surface area contributed by atoms with Crippen LogP contribution in [0.5, 0.6) is 5.75 Å². The van der Waals surface area contributed by atoms with Gasteiger partial charge in [0.15, 0.2) is 0 Å². The zero-order valence-corrected chi connectivity index (χ0v) is 20.1. The second-order valence-electron chi connectivity index (χ2n) is 8.97. The average molecular weight is 476 g/mol. The topological polar surface area (TPSA) is 66.8 Å². The molecular formula is C29H30FNO4. The maximum absolute atomic E-state index is 14.8. The van der Waals surface area contributed by atoms with E-state index >= 15 is 0 Å². The highest BCUT2D eigenvalue weighted by Crippen LogP contribution is 2.38. The number of rotatable bonds is 8. The van der Waals surface area contributed by atoms with Gasteiger partial charge in [0.1, 0.15) is 11.6 Å². The van der Waals surface area contributed by atoms with E-state index < -0.39 is 5.97 Å². The van der Waals surface area contributed by atoms with E-state index in [0.29, 0.717) is 49.4 Å². The molecule has 0 spiro atoms. The van der Waals surface area contributed by atoms with E-state index in [1.165, 1.54) is 6.07 Å². The van der Waals surface area contributed by atoms with Gasteiger partial charge in [-0.3, -0.25) is 9.59 Å². The van der Waals surface area contributed by atoms with E-state index in [0.717, 1.165) is 22.3 Å². The summed E-state index contributed by atoms with van der Waals surface area (Å²) in [5.41, 5.74) is 4.73. The summed E-state index contributed by atoms with van der Waals surface area (Å²) in [5.74, 6) is -0.499. The minimum Gasteiger partial charge on any atom is -0.493 e. The molecular weight excluding hydrogens is 445 g/mol. The molecule has 0 bridgehead atoms. The Hall–Kier alpha value is -3.67. The van der Waals surface area contributed by atoms with E-state index in [4.69, 9.17) is 9.84 Å². The molecule has 3 aromatic carbocycles. The number of aliphatic carboxylic acids is 1. The summed E-state index contributed by atoms with van der Waals surface area (Å²) in [5, 5.41) is 9.16. The molecule has 0 radical (unpaired) electrons. The Morgan fingerprint density at radius 3 is 2.51 bits per heavy atom. The number of carbonyl (C=O) groups is 2. The van der Waals surface area contributed by atoms with Crippen LogP contribution in [0.25, 0.3) is 11.1 Å². The number of carboxylic acids is 1. The first-order valence-corrected chi connectivity index (χ1v) is 12.0. The number of carboxylic acid groups (broad SMARTS) is 1. The Labute approximate surface area is 205 Å². The van der Waals surface area contributed by atoms with Gasteiger partial charge >= 0.3 is 5.97 Å². The molecule has 0 saturated heterocycles. The van der Waals surface area contributed by atoms with Crippen LogP contribution in [0.2, 0.25) is 0 Å². The van der Waals surface area contributed by atoms with Gasteiger partial charge < -0.3 is 14.7 Å². The smallest absolute Gasteiger partial charge is 0.307 e. The molecule has 1 N–H and O–H groups in total. The van der Waals surface area contributed by atoms with Crippen LogP contribution < -0.4 is 4.74 Å². The molecule has 3 aromatic rings. The maximum atomic E-state index is 14.8. The van der Waals surface area contributed by atoms with Crippen LogP contribution in [0.1, 0.15) is 48.4 Å². The highest BCUT2D eigenvalue weighted by Gasteiger charge is 2.27. The molecule has 1 heterocycles. The molecule has 1 atom stereocenters. The lowest BCUT2D eigenvalue weighted by Crippen LogP contribution is -2.37. The van der Waals surface area contributed by atoms with Crippen molar-refractivity contribution in [1.82, 2.24) is 4.90 Å². The Balaban J connectivity index is 1.64. The molecule has 1 aliphatic heterocycles. The number of halogens is 1. The van der Waals surface area contributed by atoms with Crippen LogP contribution >= 0.6 is 0 Å².